The van der Waals surface area contributed by atoms with Gasteiger partial charge in [-0.15, -0.1) is 0 Å². The number of nitrogens with one attached hydrogen (secondary N) is 1. The Morgan fingerprint density at radius 3 is 2.47 bits per heavy atom. The Balaban J connectivity index is 1.78. The third-order valence-corrected chi connectivity index (χ3v) is 6.18. The number of carbonyl (C=O) groups is 3. The van der Waals surface area contributed by atoms with Gasteiger partial charge in [-0.1, -0.05) is 23.7 Å². The van der Waals surface area contributed by atoms with Crippen molar-refractivity contribution in [2.75, 3.05) is 4.90 Å². The summed E-state index contributed by atoms with van der Waals surface area (Å²) in [7, 11) is 0. The van der Waals surface area contributed by atoms with Crippen molar-refractivity contribution in [3.05, 3.63) is 87.2 Å². The van der Waals surface area contributed by atoms with Crippen LogP contribution in [0.2, 0.25) is 5.02 Å². The number of amides is 2. The number of aryl methyl sites for hydroxylation is 2. The molecule has 0 unspecified atom stereocenters. The van der Waals surface area contributed by atoms with Crippen LogP contribution in [-0.4, -0.2) is 32.6 Å². The van der Waals surface area contributed by atoms with Gasteiger partial charge in [0.15, 0.2) is 5.11 Å². The number of anilines is 1. The molecule has 0 bridgehead atoms. The summed E-state index contributed by atoms with van der Waals surface area (Å²) in [6.07, 6.45) is 1.52. The third-order valence-electron chi connectivity index (χ3n) is 5.57. The SMILES string of the molecule is Cc1cccc(N2C(=O)/C(=C/c3cc(C)n(-c4ccc(Cl)c(C(=O)O)c4)c3C)C(=O)NC2=S)c1. The molecular formula is C25H20ClN3O4S. The molecule has 0 radical (unpaired) electrons. The number of carboxylic acid groups (broad SMARTS) is 1. The van der Waals surface area contributed by atoms with E-state index < -0.39 is 17.8 Å². The fourth-order valence-corrected chi connectivity index (χ4v) is 4.44. The van der Waals surface area contributed by atoms with E-state index in [2.05, 4.69) is 5.32 Å². The molecule has 172 valence electrons. The topological polar surface area (TPSA) is 91.6 Å². The zero-order valence-corrected chi connectivity index (χ0v) is 20.1. The van der Waals surface area contributed by atoms with Gasteiger partial charge >= 0.3 is 5.97 Å². The van der Waals surface area contributed by atoms with Gasteiger partial charge in [0.25, 0.3) is 11.8 Å². The number of aromatic carboxylic acids is 1. The Morgan fingerprint density at radius 1 is 1.06 bits per heavy atom. The first-order valence-corrected chi connectivity index (χ1v) is 11.1. The van der Waals surface area contributed by atoms with Crippen LogP contribution in [0, 0.1) is 20.8 Å². The van der Waals surface area contributed by atoms with Crippen molar-refractivity contribution in [2.45, 2.75) is 20.8 Å². The minimum atomic E-state index is -1.13. The average Bonchev–Trinajstić information content (AvgIpc) is 3.04. The zero-order chi connectivity index (χ0) is 24.7. The van der Waals surface area contributed by atoms with E-state index >= 15 is 0 Å². The summed E-state index contributed by atoms with van der Waals surface area (Å²) in [5.74, 6) is -2.24. The number of hydrogen-bond donors (Lipinski definition) is 2. The molecule has 1 saturated heterocycles. The monoisotopic (exact) mass is 493 g/mol. The lowest BCUT2D eigenvalue weighted by Gasteiger charge is -2.29. The number of halogens is 1. The van der Waals surface area contributed by atoms with E-state index in [1.165, 1.54) is 23.1 Å². The molecule has 2 amide bonds. The van der Waals surface area contributed by atoms with E-state index in [-0.39, 0.29) is 21.3 Å². The molecule has 1 aromatic heterocycles. The third kappa shape index (κ3) is 4.13. The van der Waals surface area contributed by atoms with Gasteiger partial charge in [0.1, 0.15) is 5.57 Å². The highest BCUT2D eigenvalue weighted by molar-refractivity contribution is 7.80. The highest BCUT2D eigenvalue weighted by Crippen LogP contribution is 2.28. The molecular weight excluding hydrogens is 474 g/mol. The quantitative estimate of drug-likeness (QED) is 0.315. The van der Waals surface area contributed by atoms with Crippen LogP contribution in [0.3, 0.4) is 0 Å². The van der Waals surface area contributed by atoms with Gasteiger partial charge in [0.05, 0.1) is 16.3 Å². The van der Waals surface area contributed by atoms with Crippen molar-refractivity contribution in [1.82, 2.24) is 9.88 Å². The summed E-state index contributed by atoms with van der Waals surface area (Å²) < 4.78 is 1.84. The molecule has 3 aromatic rings. The molecule has 1 aliphatic heterocycles. The number of thiocarbonyl (C=S) groups is 1. The molecule has 9 heteroatoms. The largest absolute Gasteiger partial charge is 0.478 e. The average molecular weight is 494 g/mol. The number of carboxylic acids is 1. The Bertz CT molecular complexity index is 1420. The van der Waals surface area contributed by atoms with Crippen molar-refractivity contribution in [2.24, 2.45) is 0 Å². The van der Waals surface area contributed by atoms with Crippen molar-refractivity contribution < 1.29 is 19.5 Å². The predicted molar refractivity (Wildman–Crippen MR) is 135 cm³/mol. The Kier molecular flexibility index (Phi) is 6.12. The van der Waals surface area contributed by atoms with E-state index in [4.69, 9.17) is 23.8 Å². The summed E-state index contributed by atoms with van der Waals surface area (Å²) in [4.78, 5) is 38.8. The maximum absolute atomic E-state index is 13.3. The fourth-order valence-electron chi connectivity index (χ4n) is 3.96. The molecule has 7 nitrogen and oxygen atoms in total. The van der Waals surface area contributed by atoms with Crippen LogP contribution in [0.15, 0.2) is 54.1 Å². The lowest BCUT2D eigenvalue weighted by atomic mass is 10.1. The van der Waals surface area contributed by atoms with Gasteiger partial charge in [0, 0.05) is 17.1 Å². The van der Waals surface area contributed by atoms with Crippen molar-refractivity contribution in [1.29, 1.82) is 0 Å². The number of benzene rings is 2. The molecule has 0 aliphatic carbocycles. The maximum atomic E-state index is 13.3. The molecule has 2 heterocycles. The van der Waals surface area contributed by atoms with Gasteiger partial charge < -0.3 is 9.67 Å². The molecule has 1 aliphatic rings. The Labute approximate surface area is 206 Å². The fraction of sp³-hybridized carbons (Fsp3) is 0.120. The van der Waals surface area contributed by atoms with Gasteiger partial charge in [-0.25, -0.2) is 4.79 Å². The molecule has 0 atom stereocenters. The minimum Gasteiger partial charge on any atom is -0.478 e. The first-order chi connectivity index (χ1) is 16.1. The van der Waals surface area contributed by atoms with Crippen LogP contribution in [0.5, 0.6) is 0 Å². The second-order valence-electron chi connectivity index (χ2n) is 7.93. The number of carbonyl (C=O) groups excluding carboxylic acids is 2. The van der Waals surface area contributed by atoms with E-state index in [9.17, 15) is 19.5 Å². The molecule has 2 aromatic carbocycles. The van der Waals surface area contributed by atoms with E-state index in [1.807, 2.05) is 49.6 Å². The Morgan fingerprint density at radius 2 is 1.79 bits per heavy atom. The highest BCUT2D eigenvalue weighted by Gasteiger charge is 2.34. The summed E-state index contributed by atoms with van der Waals surface area (Å²) in [5, 5.41) is 12.2. The smallest absolute Gasteiger partial charge is 0.337 e. The predicted octanol–water partition coefficient (Wildman–Crippen LogP) is 4.59. The number of hydrogen-bond acceptors (Lipinski definition) is 4. The summed E-state index contributed by atoms with van der Waals surface area (Å²) >= 11 is 11.3. The van der Waals surface area contributed by atoms with Crippen LogP contribution >= 0.6 is 23.8 Å². The summed E-state index contributed by atoms with van der Waals surface area (Å²) in [6.45, 7) is 5.57. The molecule has 34 heavy (non-hydrogen) atoms. The van der Waals surface area contributed by atoms with Crippen molar-refractivity contribution >= 4 is 58.5 Å². The summed E-state index contributed by atoms with van der Waals surface area (Å²) in [5.41, 5.74) is 4.19. The van der Waals surface area contributed by atoms with Crippen LogP contribution in [0.1, 0.15) is 32.9 Å². The van der Waals surface area contributed by atoms with Crippen molar-refractivity contribution in [3.8, 4) is 5.69 Å². The zero-order valence-electron chi connectivity index (χ0n) is 18.5. The summed E-state index contributed by atoms with van der Waals surface area (Å²) in [6, 6.07) is 13.8. The normalized spacial score (nSPS) is 15.1. The van der Waals surface area contributed by atoms with Crippen LogP contribution in [0.25, 0.3) is 11.8 Å². The van der Waals surface area contributed by atoms with Gasteiger partial charge in [-0.3, -0.25) is 19.8 Å². The van der Waals surface area contributed by atoms with Gasteiger partial charge in [0.2, 0.25) is 0 Å². The number of rotatable bonds is 4. The maximum Gasteiger partial charge on any atom is 0.337 e. The van der Waals surface area contributed by atoms with Gasteiger partial charge in [-0.2, -0.15) is 0 Å². The second kappa shape index (κ2) is 8.89. The van der Waals surface area contributed by atoms with E-state index in [0.717, 1.165) is 17.0 Å². The van der Waals surface area contributed by atoms with Crippen molar-refractivity contribution in [3.63, 3.8) is 0 Å². The van der Waals surface area contributed by atoms with Gasteiger partial charge in [-0.05, 0) is 86.6 Å². The van der Waals surface area contributed by atoms with E-state index in [0.29, 0.717) is 16.9 Å². The van der Waals surface area contributed by atoms with Crippen LogP contribution in [-0.2, 0) is 9.59 Å². The molecule has 0 spiro atoms. The minimum absolute atomic E-state index is 0.0179. The molecule has 2 N–H and O–H groups in total. The van der Waals surface area contributed by atoms with E-state index in [1.54, 1.807) is 12.1 Å². The second-order valence-corrected chi connectivity index (χ2v) is 8.72. The number of aromatic nitrogens is 1. The highest BCUT2D eigenvalue weighted by atomic mass is 35.5. The van der Waals surface area contributed by atoms with Crippen LogP contribution < -0.4 is 10.2 Å². The standard InChI is InChI=1S/C25H20ClN3O4S/c1-13-5-4-6-17(9-13)29-23(31)20(22(30)27-25(29)34)11-16-10-14(2)28(15(16)3)18-7-8-21(26)19(12-18)24(32)33/h4-12H,1-3H3,(H,32,33)(H,27,30,34)/b20-11+. The first kappa shape index (κ1) is 23.4. The Hall–Kier alpha value is -3.75. The number of nitrogens with zero attached hydrogens (tertiary/aromatic N) is 2. The molecule has 4 rings (SSSR count). The molecule has 0 saturated carbocycles. The lowest BCUT2D eigenvalue weighted by Crippen LogP contribution is -2.54. The molecule has 1 fully saturated rings. The first-order valence-electron chi connectivity index (χ1n) is 10.3. The van der Waals surface area contributed by atoms with Crippen LogP contribution in [0.4, 0.5) is 5.69 Å². The lowest BCUT2D eigenvalue weighted by molar-refractivity contribution is -0.122.